The molecule has 3 aliphatic rings. The lowest BCUT2D eigenvalue weighted by atomic mass is 9.81. The first-order valence-electron chi connectivity index (χ1n) is 14.6. The van der Waals surface area contributed by atoms with Crippen LogP contribution in [0.25, 0.3) is 5.65 Å². The van der Waals surface area contributed by atoms with Crippen molar-refractivity contribution in [3.8, 4) is 0 Å². The zero-order valence-corrected chi connectivity index (χ0v) is 24.2. The molecule has 0 radical (unpaired) electrons. The number of amides is 1. The Hall–Kier alpha value is -4.47. The number of carbonyl (C=O) groups excluding carboxylic acids is 1. The molecule has 1 amide bonds. The maximum Gasteiger partial charge on any atom is 0.354 e. The van der Waals surface area contributed by atoms with Gasteiger partial charge in [0.05, 0.1) is 11.9 Å². The topological polar surface area (TPSA) is 107 Å². The highest BCUT2D eigenvalue weighted by molar-refractivity contribution is 5.91. The van der Waals surface area contributed by atoms with Gasteiger partial charge in [0, 0.05) is 56.5 Å². The number of carbonyl (C=O) groups is 2. The van der Waals surface area contributed by atoms with Crippen LogP contribution in [0.15, 0.2) is 54.7 Å². The van der Waals surface area contributed by atoms with E-state index in [2.05, 4.69) is 69.0 Å². The number of nitrogens with zero attached hydrogens (tertiary/aromatic N) is 7. The van der Waals surface area contributed by atoms with E-state index in [0.717, 1.165) is 43.9 Å². The summed E-state index contributed by atoms with van der Waals surface area (Å²) in [5.74, 6) is 0.331. The Labute approximate surface area is 244 Å². The molecule has 42 heavy (non-hydrogen) atoms. The van der Waals surface area contributed by atoms with Gasteiger partial charge >= 0.3 is 5.97 Å². The number of hydrogen-bond donors (Lipinski definition) is 1. The first-order chi connectivity index (χ1) is 20.2. The lowest BCUT2D eigenvalue weighted by Gasteiger charge is -2.26. The number of rotatable bonds is 5. The van der Waals surface area contributed by atoms with Gasteiger partial charge in [0.1, 0.15) is 5.82 Å². The number of aromatic nitrogens is 4. The van der Waals surface area contributed by atoms with Crippen molar-refractivity contribution in [2.75, 3.05) is 49.1 Å². The maximum atomic E-state index is 13.5. The second-order valence-electron chi connectivity index (χ2n) is 12.5. The molecule has 4 aromatic rings. The third-order valence-electron chi connectivity index (χ3n) is 9.40. The van der Waals surface area contributed by atoms with Crippen molar-refractivity contribution in [3.63, 3.8) is 0 Å². The average molecular weight is 566 g/mol. The molecule has 3 aliphatic heterocycles. The smallest absolute Gasteiger partial charge is 0.354 e. The van der Waals surface area contributed by atoms with Crippen molar-refractivity contribution in [2.45, 2.75) is 32.6 Å². The number of anilines is 2. The van der Waals surface area contributed by atoms with Gasteiger partial charge in [0.25, 0.3) is 5.91 Å². The number of carboxylic acid groups (broad SMARTS) is 1. The summed E-state index contributed by atoms with van der Waals surface area (Å²) >= 11 is 0. The SMILES string of the molecule is Cc1cccc([C@@]2(C)CCN(c3cc(C)c4nc(C(=O)N5C[C@@H]6CN(c7cccc(C(=O)O)n7)C[C@@H]6C5)nn4c3)C2)c1. The second kappa shape index (κ2) is 9.82. The average Bonchev–Trinajstić information content (AvgIpc) is 3.75. The highest BCUT2D eigenvalue weighted by Crippen LogP contribution is 2.37. The normalized spacial score (nSPS) is 23.6. The van der Waals surface area contributed by atoms with Crippen LogP contribution in [0.4, 0.5) is 11.5 Å². The van der Waals surface area contributed by atoms with E-state index in [-0.39, 0.29) is 22.8 Å². The van der Waals surface area contributed by atoms with Crippen molar-refractivity contribution in [1.82, 2.24) is 24.5 Å². The zero-order chi connectivity index (χ0) is 29.2. The summed E-state index contributed by atoms with van der Waals surface area (Å²) in [4.78, 5) is 40.2. The molecule has 1 N–H and O–H groups in total. The number of likely N-dealkylation sites (tertiary alicyclic amines) is 1. The molecule has 3 fully saturated rings. The van der Waals surface area contributed by atoms with Crippen LogP contribution in [-0.2, 0) is 5.41 Å². The van der Waals surface area contributed by atoms with Crippen LogP contribution in [-0.4, -0.2) is 80.7 Å². The van der Waals surface area contributed by atoms with Crippen molar-refractivity contribution in [1.29, 1.82) is 0 Å². The van der Waals surface area contributed by atoms with E-state index in [1.54, 1.807) is 10.6 Å². The first kappa shape index (κ1) is 26.4. The van der Waals surface area contributed by atoms with E-state index in [9.17, 15) is 14.7 Å². The molecule has 0 aliphatic carbocycles. The number of carboxylic acids is 1. The largest absolute Gasteiger partial charge is 0.477 e. The lowest BCUT2D eigenvalue weighted by Crippen LogP contribution is -2.34. The van der Waals surface area contributed by atoms with Crippen LogP contribution < -0.4 is 9.80 Å². The molecule has 3 aromatic heterocycles. The zero-order valence-electron chi connectivity index (χ0n) is 24.2. The summed E-state index contributed by atoms with van der Waals surface area (Å²) in [6.07, 6.45) is 3.08. The van der Waals surface area contributed by atoms with Gasteiger partial charge in [0.15, 0.2) is 11.3 Å². The Morgan fingerprint density at radius 3 is 2.45 bits per heavy atom. The van der Waals surface area contributed by atoms with Gasteiger partial charge < -0.3 is 19.8 Å². The summed E-state index contributed by atoms with van der Waals surface area (Å²) in [5, 5.41) is 13.9. The number of pyridine rings is 2. The molecule has 0 spiro atoms. The summed E-state index contributed by atoms with van der Waals surface area (Å²) in [7, 11) is 0. The minimum atomic E-state index is -1.03. The van der Waals surface area contributed by atoms with Crippen LogP contribution in [0.3, 0.4) is 0 Å². The van der Waals surface area contributed by atoms with Crippen molar-refractivity contribution >= 4 is 29.0 Å². The van der Waals surface area contributed by atoms with Gasteiger partial charge in [-0.15, -0.1) is 5.10 Å². The molecule has 10 nitrogen and oxygen atoms in total. The minimum absolute atomic E-state index is 0.0442. The number of fused-ring (bicyclic) bond motifs is 2. The van der Waals surface area contributed by atoms with Gasteiger partial charge in [-0.05, 0) is 49.6 Å². The first-order valence-corrected chi connectivity index (χ1v) is 14.6. The number of aryl methyl sites for hydroxylation is 2. The van der Waals surface area contributed by atoms with E-state index in [1.165, 1.54) is 17.2 Å². The van der Waals surface area contributed by atoms with Crippen LogP contribution in [0.5, 0.6) is 0 Å². The highest BCUT2D eigenvalue weighted by Gasteiger charge is 2.43. The fraction of sp³-hybridized carbons (Fsp3) is 0.406. The Morgan fingerprint density at radius 2 is 1.71 bits per heavy atom. The molecule has 3 atom stereocenters. The standard InChI is InChI=1S/C32H35N7O3/c1-20-6-4-7-24(12-20)32(3)10-11-36(19-32)25-13-21(2)29-34-28(35-39(29)18-25)30(40)38-16-22-14-37(15-23(22)17-38)27-9-5-8-26(33-27)31(41)42/h4-9,12-13,18,22-23H,10-11,14-17,19H2,1-3H3,(H,41,42)/t22-,23+,32-/m0/s1. The molecule has 0 unspecified atom stereocenters. The van der Waals surface area contributed by atoms with E-state index >= 15 is 0 Å². The molecule has 10 heteroatoms. The van der Waals surface area contributed by atoms with E-state index < -0.39 is 5.97 Å². The van der Waals surface area contributed by atoms with E-state index in [0.29, 0.717) is 36.4 Å². The predicted octanol–water partition coefficient (Wildman–Crippen LogP) is 3.82. The Kier molecular flexibility index (Phi) is 6.18. The third-order valence-corrected chi connectivity index (χ3v) is 9.40. The second-order valence-corrected chi connectivity index (χ2v) is 12.5. The minimum Gasteiger partial charge on any atom is -0.477 e. The van der Waals surface area contributed by atoms with Gasteiger partial charge in [-0.25, -0.2) is 19.3 Å². The summed E-state index contributed by atoms with van der Waals surface area (Å²) in [6, 6.07) is 16.0. The van der Waals surface area contributed by atoms with Gasteiger partial charge in [-0.1, -0.05) is 42.8 Å². The Bertz CT molecular complexity index is 1700. The molecule has 1 aromatic carbocycles. The third kappa shape index (κ3) is 4.55. The molecule has 0 bridgehead atoms. The lowest BCUT2D eigenvalue weighted by molar-refractivity contribution is 0.0689. The quantitative estimate of drug-likeness (QED) is 0.389. The molecular weight excluding hydrogens is 530 g/mol. The van der Waals surface area contributed by atoms with Gasteiger partial charge in [-0.2, -0.15) is 0 Å². The number of aromatic carboxylic acids is 1. The van der Waals surface area contributed by atoms with Gasteiger partial charge in [0.2, 0.25) is 5.82 Å². The van der Waals surface area contributed by atoms with Crippen LogP contribution in [0.2, 0.25) is 0 Å². The van der Waals surface area contributed by atoms with Crippen LogP contribution in [0.1, 0.15) is 51.1 Å². The van der Waals surface area contributed by atoms with E-state index in [4.69, 9.17) is 0 Å². The summed E-state index contributed by atoms with van der Waals surface area (Å²) in [6.45, 7) is 11.1. The van der Waals surface area contributed by atoms with Crippen molar-refractivity contribution in [2.24, 2.45) is 11.8 Å². The fourth-order valence-corrected chi connectivity index (χ4v) is 7.04. The Morgan fingerprint density at radius 1 is 0.952 bits per heavy atom. The van der Waals surface area contributed by atoms with E-state index in [1.807, 2.05) is 24.1 Å². The molecule has 3 saturated heterocycles. The van der Waals surface area contributed by atoms with Crippen LogP contribution >= 0.6 is 0 Å². The van der Waals surface area contributed by atoms with Crippen molar-refractivity contribution in [3.05, 3.63) is 82.9 Å². The Balaban J connectivity index is 1.05. The fourth-order valence-electron chi connectivity index (χ4n) is 7.04. The highest BCUT2D eigenvalue weighted by atomic mass is 16.4. The summed E-state index contributed by atoms with van der Waals surface area (Å²) < 4.78 is 1.76. The summed E-state index contributed by atoms with van der Waals surface area (Å²) in [5.41, 5.74) is 5.58. The number of benzene rings is 1. The molecule has 216 valence electrons. The maximum absolute atomic E-state index is 13.5. The number of hydrogen-bond acceptors (Lipinski definition) is 7. The monoisotopic (exact) mass is 565 g/mol. The molecule has 7 rings (SSSR count). The van der Waals surface area contributed by atoms with Crippen molar-refractivity contribution < 1.29 is 14.7 Å². The van der Waals surface area contributed by atoms with Crippen LogP contribution in [0, 0.1) is 25.7 Å². The molecule has 6 heterocycles. The molecular formula is C32H35N7O3. The van der Waals surface area contributed by atoms with Gasteiger partial charge in [-0.3, -0.25) is 4.79 Å². The molecule has 0 saturated carbocycles. The predicted molar refractivity (Wildman–Crippen MR) is 159 cm³/mol.